The van der Waals surface area contributed by atoms with E-state index < -0.39 is 0 Å². The molecule has 0 radical (unpaired) electrons. The van der Waals surface area contributed by atoms with E-state index in [4.69, 9.17) is 0 Å². The molecule has 2 nitrogen and oxygen atoms in total. The third-order valence-electron chi connectivity index (χ3n) is 3.42. The Labute approximate surface area is 95.4 Å². The van der Waals surface area contributed by atoms with Crippen molar-refractivity contribution >= 4 is 0 Å². The lowest BCUT2D eigenvalue weighted by Crippen LogP contribution is -2.43. The van der Waals surface area contributed by atoms with E-state index in [0.29, 0.717) is 0 Å². The molecule has 0 aliphatic carbocycles. The van der Waals surface area contributed by atoms with Crippen LogP contribution >= 0.6 is 0 Å². The summed E-state index contributed by atoms with van der Waals surface area (Å²) in [5, 5.41) is 3.46. The van der Waals surface area contributed by atoms with E-state index in [1.165, 1.54) is 64.7 Å². The van der Waals surface area contributed by atoms with Crippen LogP contribution in [0.25, 0.3) is 0 Å². The van der Waals surface area contributed by atoms with Gasteiger partial charge in [-0.25, -0.2) is 0 Å². The first kappa shape index (κ1) is 13.0. The lowest BCUT2D eigenvalue weighted by Gasteiger charge is -2.34. The van der Waals surface area contributed by atoms with Gasteiger partial charge in [0.05, 0.1) is 0 Å². The van der Waals surface area contributed by atoms with Crippen molar-refractivity contribution < 1.29 is 0 Å². The molecule has 0 aromatic carbocycles. The lowest BCUT2D eigenvalue weighted by molar-refractivity contribution is 0.157. The standard InChI is InChI=1S/C13H28N2/c1-3-5-11-15(12-6-4-2)13-7-9-14-10-8-13/h13-14H,3-12H2,1-2H3. The molecule has 0 aromatic heterocycles. The van der Waals surface area contributed by atoms with Crippen molar-refractivity contribution in [3.63, 3.8) is 0 Å². The molecule has 0 amide bonds. The van der Waals surface area contributed by atoms with E-state index in [2.05, 4.69) is 24.1 Å². The van der Waals surface area contributed by atoms with E-state index in [-0.39, 0.29) is 0 Å². The molecule has 1 N–H and O–H groups in total. The van der Waals surface area contributed by atoms with Crippen LogP contribution in [0.2, 0.25) is 0 Å². The highest BCUT2D eigenvalue weighted by Crippen LogP contribution is 2.13. The van der Waals surface area contributed by atoms with Crippen molar-refractivity contribution in [2.45, 2.75) is 58.4 Å². The number of unbranched alkanes of at least 4 members (excludes halogenated alkanes) is 2. The zero-order valence-electron chi connectivity index (χ0n) is 10.6. The minimum atomic E-state index is 0.865. The summed E-state index contributed by atoms with van der Waals surface area (Å²) in [7, 11) is 0. The summed E-state index contributed by atoms with van der Waals surface area (Å²) in [6, 6.07) is 0.865. The third kappa shape index (κ3) is 4.98. The molecule has 90 valence electrons. The maximum absolute atomic E-state index is 3.46. The molecule has 2 heteroatoms. The summed E-state index contributed by atoms with van der Waals surface area (Å²) in [4.78, 5) is 2.74. The van der Waals surface area contributed by atoms with Gasteiger partial charge >= 0.3 is 0 Å². The summed E-state index contributed by atoms with van der Waals surface area (Å²) in [5.74, 6) is 0. The van der Waals surface area contributed by atoms with Gasteiger partial charge in [0.1, 0.15) is 0 Å². The fraction of sp³-hybridized carbons (Fsp3) is 1.00. The molecule has 0 atom stereocenters. The second kappa shape index (κ2) is 8.12. The van der Waals surface area contributed by atoms with E-state index in [1.807, 2.05) is 0 Å². The molecule has 1 aliphatic heterocycles. The monoisotopic (exact) mass is 212 g/mol. The highest BCUT2D eigenvalue weighted by Gasteiger charge is 2.19. The van der Waals surface area contributed by atoms with Crippen molar-refractivity contribution in [1.29, 1.82) is 0 Å². The van der Waals surface area contributed by atoms with E-state index >= 15 is 0 Å². The number of nitrogens with one attached hydrogen (secondary N) is 1. The number of hydrogen-bond donors (Lipinski definition) is 1. The zero-order valence-corrected chi connectivity index (χ0v) is 10.6. The first-order valence-electron chi connectivity index (χ1n) is 6.83. The second-order valence-corrected chi connectivity index (χ2v) is 4.72. The van der Waals surface area contributed by atoms with Crippen LogP contribution in [0.1, 0.15) is 52.4 Å². The van der Waals surface area contributed by atoms with Crippen molar-refractivity contribution in [3.8, 4) is 0 Å². The van der Waals surface area contributed by atoms with Gasteiger partial charge in [-0.3, -0.25) is 0 Å². The molecule has 0 saturated carbocycles. The van der Waals surface area contributed by atoms with Crippen molar-refractivity contribution in [2.75, 3.05) is 26.2 Å². The molecule has 1 rings (SSSR count). The highest BCUT2D eigenvalue weighted by molar-refractivity contribution is 4.77. The largest absolute Gasteiger partial charge is 0.317 e. The third-order valence-corrected chi connectivity index (χ3v) is 3.42. The van der Waals surface area contributed by atoms with Crippen LogP contribution in [0.15, 0.2) is 0 Å². The second-order valence-electron chi connectivity index (χ2n) is 4.72. The Balaban J connectivity index is 2.30. The molecule has 1 fully saturated rings. The quantitative estimate of drug-likeness (QED) is 0.698. The van der Waals surface area contributed by atoms with Gasteiger partial charge in [-0.1, -0.05) is 26.7 Å². The van der Waals surface area contributed by atoms with Crippen molar-refractivity contribution in [1.82, 2.24) is 10.2 Å². The maximum Gasteiger partial charge on any atom is 0.0119 e. The predicted molar refractivity (Wildman–Crippen MR) is 67.3 cm³/mol. The Hall–Kier alpha value is -0.0800. The van der Waals surface area contributed by atoms with Gasteiger partial charge in [-0.15, -0.1) is 0 Å². The Morgan fingerprint density at radius 2 is 1.53 bits per heavy atom. The molecule has 0 spiro atoms. The van der Waals surface area contributed by atoms with Crippen LogP contribution in [0, 0.1) is 0 Å². The van der Waals surface area contributed by atoms with Gasteiger partial charge in [-0.2, -0.15) is 0 Å². The fourth-order valence-corrected chi connectivity index (χ4v) is 2.37. The van der Waals surface area contributed by atoms with Gasteiger partial charge in [0.25, 0.3) is 0 Å². The Kier molecular flexibility index (Phi) is 7.03. The number of nitrogens with zero attached hydrogens (tertiary/aromatic N) is 1. The van der Waals surface area contributed by atoms with Crippen LogP contribution in [-0.4, -0.2) is 37.1 Å². The van der Waals surface area contributed by atoms with Gasteiger partial charge in [0.15, 0.2) is 0 Å². The van der Waals surface area contributed by atoms with Crippen molar-refractivity contribution in [3.05, 3.63) is 0 Å². The van der Waals surface area contributed by atoms with Gasteiger partial charge < -0.3 is 10.2 Å². The molecule has 0 aromatic rings. The number of rotatable bonds is 7. The van der Waals surface area contributed by atoms with Gasteiger partial charge in [0, 0.05) is 6.04 Å². The molecule has 0 bridgehead atoms. The normalized spacial score (nSPS) is 18.6. The molecular weight excluding hydrogens is 184 g/mol. The Morgan fingerprint density at radius 3 is 2.00 bits per heavy atom. The van der Waals surface area contributed by atoms with Crippen LogP contribution in [0.4, 0.5) is 0 Å². The summed E-state index contributed by atoms with van der Waals surface area (Å²) < 4.78 is 0. The van der Waals surface area contributed by atoms with Crippen molar-refractivity contribution in [2.24, 2.45) is 0 Å². The fourth-order valence-electron chi connectivity index (χ4n) is 2.37. The van der Waals surface area contributed by atoms with E-state index in [9.17, 15) is 0 Å². The van der Waals surface area contributed by atoms with Crippen LogP contribution in [0.5, 0.6) is 0 Å². The summed E-state index contributed by atoms with van der Waals surface area (Å²) in [6.45, 7) is 9.67. The Bertz CT molecular complexity index is 133. The van der Waals surface area contributed by atoms with Crippen LogP contribution < -0.4 is 5.32 Å². The lowest BCUT2D eigenvalue weighted by atomic mass is 10.0. The molecule has 1 heterocycles. The average molecular weight is 212 g/mol. The van der Waals surface area contributed by atoms with Crippen LogP contribution in [-0.2, 0) is 0 Å². The summed E-state index contributed by atoms with van der Waals surface area (Å²) in [5.41, 5.74) is 0. The van der Waals surface area contributed by atoms with E-state index in [0.717, 1.165) is 6.04 Å². The summed E-state index contributed by atoms with van der Waals surface area (Å²) in [6.07, 6.45) is 8.10. The highest BCUT2D eigenvalue weighted by atomic mass is 15.2. The number of piperidine rings is 1. The number of hydrogen-bond acceptors (Lipinski definition) is 2. The van der Waals surface area contributed by atoms with E-state index in [1.54, 1.807) is 0 Å². The SMILES string of the molecule is CCCCN(CCCC)C1CCNCC1. The van der Waals surface area contributed by atoms with Gasteiger partial charge in [-0.05, 0) is 51.9 Å². The average Bonchev–Trinajstić information content (AvgIpc) is 2.30. The van der Waals surface area contributed by atoms with Gasteiger partial charge in [0.2, 0.25) is 0 Å². The predicted octanol–water partition coefficient (Wildman–Crippen LogP) is 2.64. The minimum Gasteiger partial charge on any atom is -0.317 e. The topological polar surface area (TPSA) is 15.3 Å². The van der Waals surface area contributed by atoms with Crippen LogP contribution in [0.3, 0.4) is 0 Å². The smallest absolute Gasteiger partial charge is 0.0119 e. The molecule has 15 heavy (non-hydrogen) atoms. The Morgan fingerprint density at radius 1 is 1.00 bits per heavy atom. The molecule has 1 aliphatic rings. The zero-order chi connectivity index (χ0) is 10.9. The molecule has 0 unspecified atom stereocenters. The maximum atomic E-state index is 3.46. The molecule has 1 saturated heterocycles. The first-order chi connectivity index (χ1) is 7.38. The molecular formula is C13H28N2. The first-order valence-corrected chi connectivity index (χ1v) is 6.83. The minimum absolute atomic E-state index is 0.865. The summed E-state index contributed by atoms with van der Waals surface area (Å²) >= 11 is 0.